The van der Waals surface area contributed by atoms with Gasteiger partial charge in [0.25, 0.3) is 0 Å². The van der Waals surface area contributed by atoms with Crippen LogP contribution in [-0.2, 0) is 0 Å². The van der Waals surface area contributed by atoms with Crippen molar-refractivity contribution in [3.05, 3.63) is 47.5 Å². The molecule has 0 N–H and O–H groups in total. The molecule has 3 rings (SSSR count). The average molecular weight is 202 g/mol. The second kappa shape index (κ2) is 2.76. The minimum absolute atomic E-state index is 0.730. The van der Waals surface area contributed by atoms with E-state index in [1.165, 1.54) is 0 Å². The van der Waals surface area contributed by atoms with E-state index in [0.717, 1.165) is 27.0 Å². The summed E-state index contributed by atoms with van der Waals surface area (Å²) in [4.78, 5) is 0. The van der Waals surface area contributed by atoms with Crippen molar-refractivity contribution in [1.29, 1.82) is 0 Å². The first-order valence-corrected chi connectivity index (χ1v) is 4.70. The highest BCUT2D eigenvalue weighted by atomic mass is 35.5. The molecule has 2 aromatic carbocycles. The van der Waals surface area contributed by atoms with E-state index in [1.807, 2.05) is 36.4 Å². The van der Waals surface area contributed by atoms with E-state index in [4.69, 9.17) is 16.0 Å². The molecule has 1 nitrogen and oxygen atoms in total. The van der Waals surface area contributed by atoms with Crippen molar-refractivity contribution in [3.63, 3.8) is 0 Å². The highest BCUT2D eigenvalue weighted by Crippen LogP contribution is 2.29. The number of benzene rings is 2. The molecule has 1 radical (unpaired) electrons. The number of hydrogen-bond acceptors (Lipinski definition) is 1. The second-order valence-electron chi connectivity index (χ2n) is 3.16. The van der Waals surface area contributed by atoms with Gasteiger partial charge in [0.1, 0.15) is 11.2 Å². The molecule has 0 saturated heterocycles. The van der Waals surface area contributed by atoms with Gasteiger partial charge < -0.3 is 4.42 Å². The van der Waals surface area contributed by atoms with E-state index < -0.39 is 0 Å². The minimum Gasteiger partial charge on any atom is -0.456 e. The van der Waals surface area contributed by atoms with Crippen molar-refractivity contribution < 1.29 is 4.42 Å². The molecule has 0 fully saturated rings. The standard InChI is InChI=1S/C12H6ClO/c13-8-5-6-12-10(7-8)9-3-1-2-4-11(9)14-12/h1,3-7H. The van der Waals surface area contributed by atoms with Gasteiger partial charge >= 0.3 is 0 Å². The van der Waals surface area contributed by atoms with Gasteiger partial charge in [-0.05, 0) is 36.4 Å². The molecule has 1 heterocycles. The summed E-state index contributed by atoms with van der Waals surface area (Å²) in [5, 5.41) is 2.87. The van der Waals surface area contributed by atoms with Crippen molar-refractivity contribution >= 4 is 33.5 Å². The van der Waals surface area contributed by atoms with Gasteiger partial charge in [0, 0.05) is 15.8 Å². The predicted octanol–water partition coefficient (Wildman–Crippen LogP) is 4.04. The van der Waals surface area contributed by atoms with Crippen LogP contribution < -0.4 is 0 Å². The third kappa shape index (κ3) is 1.03. The first-order valence-electron chi connectivity index (χ1n) is 4.32. The highest BCUT2D eigenvalue weighted by Gasteiger charge is 2.05. The van der Waals surface area contributed by atoms with Gasteiger partial charge in [-0.2, -0.15) is 0 Å². The lowest BCUT2D eigenvalue weighted by atomic mass is 10.2. The molecule has 0 unspecified atom stereocenters. The van der Waals surface area contributed by atoms with E-state index in [-0.39, 0.29) is 0 Å². The van der Waals surface area contributed by atoms with Gasteiger partial charge in [-0.3, -0.25) is 0 Å². The van der Waals surface area contributed by atoms with Crippen molar-refractivity contribution in [2.45, 2.75) is 0 Å². The maximum absolute atomic E-state index is 5.93. The van der Waals surface area contributed by atoms with Crippen molar-refractivity contribution in [2.75, 3.05) is 0 Å². The number of hydrogen-bond donors (Lipinski definition) is 0. The average Bonchev–Trinajstić information content (AvgIpc) is 2.56. The maximum Gasteiger partial charge on any atom is 0.136 e. The SMILES string of the molecule is Clc1ccc2oc3c[c]ccc3c2c1. The summed E-state index contributed by atoms with van der Waals surface area (Å²) in [5.41, 5.74) is 1.72. The van der Waals surface area contributed by atoms with E-state index in [2.05, 4.69) is 6.07 Å². The van der Waals surface area contributed by atoms with Gasteiger partial charge in [0.15, 0.2) is 0 Å². The zero-order valence-corrected chi connectivity index (χ0v) is 8.01. The van der Waals surface area contributed by atoms with Crippen LogP contribution in [0.1, 0.15) is 0 Å². The molecular weight excluding hydrogens is 196 g/mol. The Morgan fingerprint density at radius 1 is 1.07 bits per heavy atom. The van der Waals surface area contributed by atoms with E-state index in [0.29, 0.717) is 0 Å². The monoisotopic (exact) mass is 201 g/mol. The molecule has 67 valence electrons. The van der Waals surface area contributed by atoms with E-state index >= 15 is 0 Å². The lowest BCUT2D eigenvalue weighted by Gasteiger charge is -1.89. The normalized spacial score (nSPS) is 11.2. The third-order valence-corrected chi connectivity index (χ3v) is 2.51. The summed E-state index contributed by atoms with van der Waals surface area (Å²) in [5.74, 6) is 0. The van der Waals surface area contributed by atoms with Crippen molar-refractivity contribution in [1.82, 2.24) is 0 Å². The first-order chi connectivity index (χ1) is 6.84. The largest absolute Gasteiger partial charge is 0.456 e. The van der Waals surface area contributed by atoms with Crippen LogP contribution in [0.25, 0.3) is 21.9 Å². The summed E-state index contributed by atoms with van der Waals surface area (Å²) in [7, 11) is 0. The molecule has 0 spiro atoms. The highest BCUT2D eigenvalue weighted by molar-refractivity contribution is 6.31. The van der Waals surface area contributed by atoms with Gasteiger partial charge in [0.2, 0.25) is 0 Å². The van der Waals surface area contributed by atoms with Crippen LogP contribution in [0.5, 0.6) is 0 Å². The Morgan fingerprint density at radius 3 is 2.93 bits per heavy atom. The topological polar surface area (TPSA) is 13.1 Å². The smallest absolute Gasteiger partial charge is 0.136 e. The summed E-state index contributed by atoms with van der Waals surface area (Å²) < 4.78 is 5.62. The minimum atomic E-state index is 0.730. The molecule has 0 aliphatic rings. The van der Waals surface area contributed by atoms with Gasteiger partial charge in [-0.1, -0.05) is 17.7 Å². The third-order valence-electron chi connectivity index (χ3n) is 2.28. The summed E-state index contributed by atoms with van der Waals surface area (Å²) in [6, 6.07) is 14.3. The number of halogens is 1. The summed E-state index contributed by atoms with van der Waals surface area (Å²) in [6.45, 7) is 0. The fourth-order valence-corrected chi connectivity index (χ4v) is 1.81. The zero-order valence-electron chi connectivity index (χ0n) is 7.25. The molecule has 2 heteroatoms. The molecule has 1 aromatic heterocycles. The lowest BCUT2D eigenvalue weighted by Crippen LogP contribution is -1.66. The molecule has 3 aromatic rings. The Kier molecular flexibility index (Phi) is 1.55. The summed E-state index contributed by atoms with van der Waals surface area (Å²) >= 11 is 5.93. The van der Waals surface area contributed by atoms with Crippen molar-refractivity contribution in [2.24, 2.45) is 0 Å². The second-order valence-corrected chi connectivity index (χ2v) is 3.60. The molecule has 0 aliphatic carbocycles. The fraction of sp³-hybridized carbons (Fsp3) is 0. The van der Waals surface area contributed by atoms with E-state index in [9.17, 15) is 0 Å². The van der Waals surface area contributed by atoms with Crippen LogP contribution in [0.4, 0.5) is 0 Å². The number of fused-ring (bicyclic) bond motifs is 3. The Hall–Kier alpha value is -1.47. The Morgan fingerprint density at radius 2 is 2.00 bits per heavy atom. The number of furan rings is 1. The predicted molar refractivity (Wildman–Crippen MR) is 57.6 cm³/mol. The molecule has 0 bridgehead atoms. The molecule has 0 aliphatic heterocycles. The van der Waals surface area contributed by atoms with Crippen LogP contribution in [0, 0.1) is 6.07 Å². The van der Waals surface area contributed by atoms with Gasteiger partial charge in [-0.25, -0.2) is 0 Å². The van der Waals surface area contributed by atoms with E-state index in [1.54, 1.807) is 0 Å². The zero-order chi connectivity index (χ0) is 9.54. The van der Waals surface area contributed by atoms with Crippen LogP contribution in [0.2, 0.25) is 5.02 Å². The Labute approximate surface area is 85.9 Å². The maximum atomic E-state index is 5.93. The Balaban J connectivity index is 2.58. The van der Waals surface area contributed by atoms with Crippen LogP contribution >= 0.6 is 11.6 Å². The quantitative estimate of drug-likeness (QED) is 0.535. The first kappa shape index (κ1) is 7.89. The molecule has 0 saturated carbocycles. The molecule has 0 amide bonds. The van der Waals surface area contributed by atoms with Gasteiger partial charge in [0.05, 0.1) is 0 Å². The summed E-state index contributed by atoms with van der Waals surface area (Å²) in [6.07, 6.45) is 0. The Bertz CT molecular complexity index is 610. The van der Waals surface area contributed by atoms with Crippen LogP contribution in [-0.4, -0.2) is 0 Å². The lowest BCUT2D eigenvalue weighted by molar-refractivity contribution is 0.669. The van der Waals surface area contributed by atoms with Crippen LogP contribution in [0.15, 0.2) is 40.8 Å². The number of rotatable bonds is 0. The molecule has 0 atom stereocenters. The fourth-order valence-electron chi connectivity index (χ4n) is 1.64. The van der Waals surface area contributed by atoms with Gasteiger partial charge in [-0.15, -0.1) is 0 Å². The molecule has 14 heavy (non-hydrogen) atoms. The van der Waals surface area contributed by atoms with Crippen LogP contribution in [0.3, 0.4) is 0 Å². The van der Waals surface area contributed by atoms with Crippen molar-refractivity contribution in [3.8, 4) is 0 Å². The molecular formula is C12H6ClO.